The molecule has 0 atom stereocenters. The Hall–Kier alpha value is -0.850. The Morgan fingerprint density at radius 3 is 1.75 bits per heavy atom. The van der Waals surface area contributed by atoms with Crippen molar-refractivity contribution in [1.29, 1.82) is 0 Å². The largest absolute Gasteiger partial charge is 0.234 e. The molecule has 0 fully saturated rings. The summed E-state index contributed by atoms with van der Waals surface area (Å²) in [5.41, 5.74) is 0. The molecule has 0 aliphatic carbocycles. The molecule has 0 bridgehead atoms. The van der Waals surface area contributed by atoms with Crippen LogP contribution >= 0.6 is 0 Å². The molecule has 0 saturated heterocycles. The zero-order chi connectivity index (χ0) is 16.4. The van der Waals surface area contributed by atoms with Crippen LogP contribution in [0.3, 0.4) is 0 Å². The summed E-state index contributed by atoms with van der Waals surface area (Å²) in [6.07, 6.45) is 13.0. The third-order valence-electron chi connectivity index (χ3n) is 2.10. The molecule has 1 heterocycles. The lowest BCUT2D eigenvalue weighted by atomic mass is 10.2. The smallest absolute Gasteiger partial charge is 0.163 e. The Kier molecular flexibility index (Phi) is 24.8. The SMILES string of the molecule is C/C=C\CC.CC.CC(C)C.CC(C)[N+]1=CC=CCC1. The molecule has 0 aromatic rings. The molecule has 0 aromatic heterocycles. The van der Waals surface area contributed by atoms with Crippen LogP contribution in [-0.4, -0.2) is 23.4 Å². The first-order valence-electron chi connectivity index (χ1n) is 8.32. The van der Waals surface area contributed by atoms with Crippen LogP contribution in [0.5, 0.6) is 0 Å². The molecule has 120 valence electrons. The maximum absolute atomic E-state index is 2.35. The molecule has 1 nitrogen and oxygen atoms in total. The van der Waals surface area contributed by atoms with Gasteiger partial charge in [-0.15, -0.1) is 0 Å². The van der Waals surface area contributed by atoms with Gasteiger partial charge in [0.15, 0.2) is 6.21 Å². The van der Waals surface area contributed by atoms with Gasteiger partial charge >= 0.3 is 0 Å². The quantitative estimate of drug-likeness (QED) is 0.425. The number of hydrogen-bond acceptors (Lipinski definition) is 0. The Bertz CT molecular complexity index is 242. The second-order valence-electron chi connectivity index (χ2n) is 5.41. The van der Waals surface area contributed by atoms with Gasteiger partial charge in [-0.05, 0) is 39.2 Å². The van der Waals surface area contributed by atoms with Crippen LogP contribution in [0.1, 0.15) is 75.2 Å². The first-order valence-corrected chi connectivity index (χ1v) is 8.32. The highest BCUT2D eigenvalue weighted by atomic mass is 15.0. The fraction of sp³-hybridized carbons (Fsp3) is 0.737. The third kappa shape index (κ3) is 25.9. The third-order valence-corrected chi connectivity index (χ3v) is 2.10. The maximum atomic E-state index is 2.35. The molecule has 1 heteroatoms. The fourth-order valence-corrected chi connectivity index (χ4v) is 1.23. The van der Waals surface area contributed by atoms with Crippen LogP contribution in [-0.2, 0) is 0 Å². The number of rotatable bonds is 2. The van der Waals surface area contributed by atoms with Crippen LogP contribution in [0.25, 0.3) is 0 Å². The summed E-state index contributed by atoms with van der Waals surface area (Å²) < 4.78 is 2.35. The van der Waals surface area contributed by atoms with Crippen molar-refractivity contribution >= 4 is 6.21 Å². The predicted molar refractivity (Wildman–Crippen MR) is 97.0 cm³/mol. The predicted octanol–water partition coefficient (Wildman–Crippen LogP) is 6.10. The lowest BCUT2D eigenvalue weighted by molar-refractivity contribution is -0.554. The van der Waals surface area contributed by atoms with Crippen molar-refractivity contribution in [1.82, 2.24) is 0 Å². The van der Waals surface area contributed by atoms with E-state index in [0.717, 1.165) is 12.3 Å². The van der Waals surface area contributed by atoms with Crippen molar-refractivity contribution in [3.8, 4) is 0 Å². The molecule has 0 radical (unpaired) electrons. The van der Waals surface area contributed by atoms with E-state index in [1.165, 1.54) is 13.0 Å². The first-order chi connectivity index (χ1) is 9.45. The highest BCUT2D eigenvalue weighted by Gasteiger charge is 2.08. The summed E-state index contributed by atoms with van der Waals surface area (Å²) in [5, 5.41) is 0. The summed E-state index contributed by atoms with van der Waals surface area (Å²) in [6.45, 7) is 20.3. The molecular formula is C19H40N+. The monoisotopic (exact) mass is 282 g/mol. The standard InChI is InChI=1S/C8H14N.C5H10.C4H10.C2H6/c1-8(2)9-6-4-3-5-7-9;1-3-5-4-2;1-4(2)3;1-2/h3-4,6,8H,5,7H2,1-2H3;3,5H,4H2,1-2H3;4H,1-3H3;1-2H3/q+1;;;/b;5-3-;;. The molecule has 1 aliphatic heterocycles. The minimum Gasteiger partial charge on any atom is -0.234 e. The lowest BCUT2D eigenvalue weighted by Gasteiger charge is -2.06. The van der Waals surface area contributed by atoms with Gasteiger partial charge in [0, 0.05) is 6.42 Å². The van der Waals surface area contributed by atoms with Gasteiger partial charge in [0.25, 0.3) is 0 Å². The van der Waals surface area contributed by atoms with E-state index in [1.807, 2.05) is 20.8 Å². The molecule has 0 aromatic carbocycles. The molecule has 1 rings (SSSR count). The number of nitrogens with zero attached hydrogens (tertiary/aromatic N) is 1. The van der Waals surface area contributed by atoms with E-state index in [9.17, 15) is 0 Å². The molecule has 1 aliphatic rings. The zero-order valence-electron chi connectivity index (χ0n) is 15.6. The summed E-state index contributed by atoms with van der Waals surface area (Å²) in [5.74, 6) is 0.833. The molecule has 20 heavy (non-hydrogen) atoms. The molecule has 0 saturated carbocycles. The van der Waals surface area contributed by atoms with Crippen molar-refractivity contribution in [2.24, 2.45) is 5.92 Å². The van der Waals surface area contributed by atoms with Crippen LogP contribution < -0.4 is 0 Å². The van der Waals surface area contributed by atoms with Crippen LogP contribution in [0.4, 0.5) is 0 Å². The van der Waals surface area contributed by atoms with Crippen molar-refractivity contribution in [3.63, 3.8) is 0 Å². The van der Waals surface area contributed by atoms with E-state index in [2.05, 4.69) is 76.6 Å². The van der Waals surface area contributed by atoms with E-state index in [-0.39, 0.29) is 0 Å². The summed E-state index contributed by atoms with van der Waals surface area (Å²) in [4.78, 5) is 0. The Morgan fingerprint density at radius 1 is 1.10 bits per heavy atom. The average molecular weight is 283 g/mol. The summed E-state index contributed by atoms with van der Waals surface area (Å²) >= 11 is 0. The molecule has 0 amide bonds. The van der Waals surface area contributed by atoms with E-state index < -0.39 is 0 Å². The zero-order valence-corrected chi connectivity index (χ0v) is 15.6. The highest BCUT2D eigenvalue weighted by molar-refractivity contribution is 5.66. The molecule has 0 N–H and O–H groups in total. The summed E-state index contributed by atoms with van der Waals surface area (Å²) in [7, 11) is 0. The van der Waals surface area contributed by atoms with Crippen molar-refractivity contribution < 1.29 is 4.58 Å². The number of allylic oxidation sites excluding steroid dienone is 3. The average Bonchev–Trinajstić information content (AvgIpc) is 2.43. The van der Waals surface area contributed by atoms with Crippen LogP contribution in [0.15, 0.2) is 24.3 Å². The fourth-order valence-electron chi connectivity index (χ4n) is 1.23. The normalized spacial score (nSPS) is 12.8. The Morgan fingerprint density at radius 2 is 1.60 bits per heavy atom. The van der Waals surface area contributed by atoms with Gasteiger partial charge in [0.2, 0.25) is 0 Å². The minimum atomic E-state index is 0.662. The Balaban J connectivity index is -0.000000226. The summed E-state index contributed by atoms with van der Waals surface area (Å²) in [6, 6.07) is 0.662. The molecule has 0 spiro atoms. The van der Waals surface area contributed by atoms with Gasteiger partial charge in [-0.3, -0.25) is 0 Å². The second kappa shape index (κ2) is 20.5. The Labute approximate surface area is 129 Å². The van der Waals surface area contributed by atoms with Gasteiger partial charge in [-0.1, -0.05) is 59.8 Å². The lowest BCUT2D eigenvalue weighted by Crippen LogP contribution is -2.23. The van der Waals surface area contributed by atoms with Gasteiger partial charge in [0.1, 0.15) is 12.6 Å². The van der Waals surface area contributed by atoms with E-state index in [0.29, 0.717) is 6.04 Å². The topological polar surface area (TPSA) is 3.01 Å². The van der Waals surface area contributed by atoms with Gasteiger partial charge in [0.05, 0.1) is 0 Å². The van der Waals surface area contributed by atoms with Gasteiger partial charge in [-0.25, -0.2) is 4.58 Å². The highest BCUT2D eigenvalue weighted by Crippen LogP contribution is 1.95. The second-order valence-corrected chi connectivity index (χ2v) is 5.41. The van der Waals surface area contributed by atoms with Crippen molar-refractivity contribution in [2.75, 3.05) is 6.54 Å². The first kappa shape index (κ1) is 24.2. The number of hydrogen-bond donors (Lipinski definition) is 0. The van der Waals surface area contributed by atoms with E-state index in [4.69, 9.17) is 0 Å². The van der Waals surface area contributed by atoms with E-state index in [1.54, 1.807) is 0 Å². The van der Waals surface area contributed by atoms with Crippen LogP contribution in [0.2, 0.25) is 0 Å². The van der Waals surface area contributed by atoms with Crippen LogP contribution in [0, 0.1) is 5.92 Å². The van der Waals surface area contributed by atoms with E-state index >= 15 is 0 Å². The molecular weight excluding hydrogens is 242 g/mol. The maximum Gasteiger partial charge on any atom is 0.163 e. The van der Waals surface area contributed by atoms with Crippen molar-refractivity contribution in [2.45, 2.75) is 81.2 Å². The van der Waals surface area contributed by atoms with Gasteiger partial charge < -0.3 is 0 Å². The van der Waals surface area contributed by atoms with Crippen molar-refractivity contribution in [3.05, 3.63) is 24.3 Å². The minimum absolute atomic E-state index is 0.662. The molecule has 0 unspecified atom stereocenters. The van der Waals surface area contributed by atoms with Gasteiger partial charge in [-0.2, -0.15) is 0 Å².